The average molecular weight is 307 g/mol. The summed E-state index contributed by atoms with van der Waals surface area (Å²) in [7, 11) is 4.25. The highest BCUT2D eigenvalue weighted by atomic mass is 16.5. The number of fused-ring (bicyclic) bond motifs is 5. The Labute approximate surface area is 139 Å². The van der Waals surface area contributed by atoms with E-state index in [4.69, 9.17) is 4.74 Å². The summed E-state index contributed by atoms with van der Waals surface area (Å²) in [5.74, 6) is 0.908. The van der Waals surface area contributed by atoms with Gasteiger partial charge in [-0.15, -0.1) is 0 Å². The fourth-order valence-corrected chi connectivity index (χ4v) is 4.44. The number of ether oxygens (including phenoxy) is 1. The molecule has 2 aliphatic rings. The van der Waals surface area contributed by atoms with Crippen LogP contribution < -0.4 is 0 Å². The van der Waals surface area contributed by atoms with Gasteiger partial charge in [0.15, 0.2) is 0 Å². The van der Waals surface area contributed by atoms with Crippen molar-refractivity contribution in [3.63, 3.8) is 0 Å². The Morgan fingerprint density at radius 1 is 0.913 bits per heavy atom. The van der Waals surface area contributed by atoms with E-state index >= 15 is 0 Å². The Bertz CT molecular complexity index is 653. The minimum absolute atomic E-state index is 0.197. The fourth-order valence-electron chi connectivity index (χ4n) is 4.44. The lowest BCUT2D eigenvalue weighted by molar-refractivity contribution is 0.0271. The smallest absolute Gasteiger partial charge is 0.0901 e. The molecule has 2 nitrogen and oxygen atoms in total. The Morgan fingerprint density at radius 3 is 2.13 bits per heavy atom. The van der Waals surface area contributed by atoms with Gasteiger partial charge < -0.3 is 9.64 Å². The summed E-state index contributed by atoms with van der Waals surface area (Å²) >= 11 is 0. The van der Waals surface area contributed by atoms with Crippen molar-refractivity contribution in [2.75, 3.05) is 20.6 Å². The lowest BCUT2D eigenvalue weighted by atomic mass is 9.86. The molecule has 0 saturated carbocycles. The van der Waals surface area contributed by atoms with Gasteiger partial charge in [0, 0.05) is 18.4 Å². The van der Waals surface area contributed by atoms with Gasteiger partial charge >= 0.3 is 0 Å². The third-order valence-corrected chi connectivity index (χ3v) is 5.42. The van der Waals surface area contributed by atoms with E-state index in [0.29, 0.717) is 17.9 Å². The van der Waals surface area contributed by atoms with E-state index in [2.05, 4.69) is 74.4 Å². The summed E-state index contributed by atoms with van der Waals surface area (Å²) < 4.78 is 6.55. The molecule has 4 unspecified atom stereocenters. The highest BCUT2D eigenvalue weighted by Crippen LogP contribution is 2.51. The molecule has 2 aromatic carbocycles. The van der Waals surface area contributed by atoms with Crippen LogP contribution in [0.15, 0.2) is 48.5 Å². The van der Waals surface area contributed by atoms with Crippen molar-refractivity contribution in [1.82, 2.24) is 4.90 Å². The van der Waals surface area contributed by atoms with Gasteiger partial charge in [-0.05, 0) is 42.8 Å². The van der Waals surface area contributed by atoms with E-state index in [1.165, 1.54) is 22.3 Å². The minimum Gasteiger partial charge on any atom is -0.368 e. The van der Waals surface area contributed by atoms with Gasteiger partial charge in [0.25, 0.3) is 0 Å². The van der Waals surface area contributed by atoms with E-state index in [1.54, 1.807) is 0 Å². The first-order valence-corrected chi connectivity index (χ1v) is 8.63. The van der Waals surface area contributed by atoms with Crippen molar-refractivity contribution in [3.8, 4) is 0 Å². The van der Waals surface area contributed by atoms with Crippen LogP contribution in [-0.4, -0.2) is 31.6 Å². The van der Waals surface area contributed by atoms with Crippen LogP contribution in [0.1, 0.15) is 53.5 Å². The molecule has 1 saturated heterocycles. The van der Waals surface area contributed by atoms with Crippen LogP contribution in [0.4, 0.5) is 0 Å². The van der Waals surface area contributed by atoms with E-state index in [9.17, 15) is 0 Å². The maximum Gasteiger partial charge on any atom is 0.0901 e. The Kier molecular flexibility index (Phi) is 3.74. The average Bonchev–Trinajstić information content (AvgIpc) is 2.93. The van der Waals surface area contributed by atoms with Crippen LogP contribution in [0.5, 0.6) is 0 Å². The number of likely N-dealkylation sites (N-methyl/N-ethyl adjacent to an activating group) is 1. The zero-order valence-electron chi connectivity index (χ0n) is 14.2. The summed E-state index contributed by atoms with van der Waals surface area (Å²) in [4.78, 5) is 2.23. The van der Waals surface area contributed by atoms with E-state index in [-0.39, 0.29) is 6.10 Å². The van der Waals surface area contributed by atoms with Gasteiger partial charge in [-0.2, -0.15) is 0 Å². The number of nitrogens with zero attached hydrogens (tertiary/aromatic N) is 1. The van der Waals surface area contributed by atoms with Gasteiger partial charge in [-0.3, -0.25) is 0 Å². The van der Waals surface area contributed by atoms with Gasteiger partial charge in [0.1, 0.15) is 0 Å². The molecule has 1 aliphatic carbocycles. The number of benzene rings is 2. The quantitative estimate of drug-likeness (QED) is 0.819. The molecule has 2 heteroatoms. The number of hydrogen-bond donors (Lipinski definition) is 0. The van der Waals surface area contributed by atoms with Crippen molar-refractivity contribution >= 4 is 0 Å². The highest BCUT2D eigenvalue weighted by molar-refractivity contribution is 5.48. The van der Waals surface area contributed by atoms with Crippen LogP contribution in [0.25, 0.3) is 0 Å². The molecule has 2 aromatic rings. The van der Waals surface area contributed by atoms with Crippen molar-refractivity contribution in [2.45, 2.75) is 37.4 Å². The van der Waals surface area contributed by atoms with Gasteiger partial charge in [-0.25, -0.2) is 0 Å². The van der Waals surface area contributed by atoms with E-state index in [0.717, 1.165) is 13.0 Å². The molecule has 0 spiro atoms. The molecule has 1 heterocycles. The largest absolute Gasteiger partial charge is 0.368 e. The molecule has 120 valence electrons. The number of hydrogen-bond acceptors (Lipinski definition) is 2. The topological polar surface area (TPSA) is 12.5 Å². The molecular weight excluding hydrogens is 282 g/mol. The summed E-state index contributed by atoms with van der Waals surface area (Å²) in [5, 5.41) is 0. The summed E-state index contributed by atoms with van der Waals surface area (Å²) in [5.41, 5.74) is 5.78. The standard InChI is InChI=1S/C21H25NO/c1-14-16-8-4-6-10-18(16)20-12-15(13-22(2)3)23-21(20)19-11-7-5-9-17(14)19/h4-11,14-15,20-21H,12-13H2,1-3H3. The van der Waals surface area contributed by atoms with Crippen molar-refractivity contribution < 1.29 is 4.74 Å². The van der Waals surface area contributed by atoms with Crippen LogP contribution in [0, 0.1) is 0 Å². The third-order valence-electron chi connectivity index (χ3n) is 5.42. The molecule has 4 atom stereocenters. The Hall–Kier alpha value is -1.64. The van der Waals surface area contributed by atoms with Crippen LogP contribution in [-0.2, 0) is 4.74 Å². The fraction of sp³-hybridized carbons (Fsp3) is 0.429. The van der Waals surface area contributed by atoms with Crippen molar-refractivity contribution in [1.29, 1.82) is 0 Å². The molecule has 4 rings (SSSR count). The molecule has 1 aliphatic heterocycles. The lowest BCUT2D eigenvalue weighted by Crippen LogP contribution is -2.25. The molecule has 0 N–H and O–H groups in total. The van der Waals surface area contributed by atoms with Crippen LogP contribution in [0.2, 0.25) is 0 Å². The Morgan fingerprint density at radius 2 is 1.48 bits per heavy atom. The first kappa shape index (κ1) is 14.9. The normalized spacial score (nSPS) is 28.9. The third kappa shape index (κ3) is 2.50. The minimum atomic E-state index is 0.197. The first-order valence-electron chi connectivity index (χ1n) is 8.63. The highest BCUT2D eigenvalue weighted by Gasteiger charge is 2.41. The predicted octanol–water partition coefficient (Wildman–Crippen LogP) is 4.33. The van der Waals surface area contributed by atoms with Gasteiger partial charge in [0.05, 0.1) is 12.2 Å². The molecule has 1 fully saturated rings. The second kappa shape index (κ2) is 5.77. The molecule has 0 radical (unpaired) electrons. The Balaban J connectivity index is 1.83. The number of rotatable bonds is 2. The summed E-state index contributed by atoms with van der Waals surface area (Å²) in [6, 6.07) is 17.8. The van der Waals surface area contributed by atoms with Gasteiger partial charge in [0.2, 0.25) is 0 Å². The van der Waals surface area contributed by atoms with E-state index < -0.39 is 0 Å². The van der Waals surface area contributed by atoms with Crippen LogP contribution in [0.3, 0.4) is 0 Å². The maximum atomic E-state index is 6.55. The molecule has 0 bridgehead atoms. The zero-order valence-corrected chi connectivity index (χ0v) is 14.2. The molecule has 23 heavy (non-hydrogen) atoms. The molecular formula is C21H25NO. The second-order valence-corrected chi connectivity index (χ2v) is 7.26. The monoisotopic (exact) mass is 307 g/mol. The molecule has 0 amide bonds. The summed E-state index contributed by atoms with van der Waals surface area (Å²) in [6.07, 6.45) is 1.62. The molecule has 0 aromatic heterocycles. The maximum absolute atomic E-state index is 6.55. The van der Waals surface area contributed by atoms with Crippen molar-refractivity contribution in [3.05, 3.63) is 70.8 Å². The van der Waals surface area contributed by atoms with Crippen molar-refractivity contribution in [2.24, 2.45) is 0 Å². The van der Waals surface area contributed by atoms with E-state index in [1.807, 2.05) is 0 Å². The van der Waals surface area contributed by atoms with Crippen LogP contribution >= 0.6 is 0 Å². The summed E-state index contributed by atoms with van der Waals surface area (Å²) in [6.45, 7) is 3.32. The predicted molar refractivity (Wildman–Crippen MR) is 93.9 cm³/mol. The second-order valence-electron chi connectivity index (χ2n) is 7.26. The lowest BCUT2D eigenvalue weighted by Gasteiger charge is -2.20. The first-order chi connectivity index (χ1) is 11.1. The van der Waals surface area contributed by atoms with Gasteiger partial charge in [-0.1, -0.05) is 55.5 Å². The zero-order chi connectivity index (χ0) is 16.0. The SMILES string of the molecule is CC1c2ccccc2C2CC(CN(C)C)OC2c2ccccc21.